The smallest absolute Gasteiger partial charge is 0.410 e. The molecular formula is C28H29ClFN3O3. The number of likely N-dealkylation sites (tertiary alicyclic amines) is 1. The Morgan fingerprint density at radius 2 is 1.89 bits per heavy atom. The molecule has 0 unspecified atom stereocenters. The number of piperidine rings is 1. The summed E-state index contributed by atoms with van der Waals surface area (Å²) in [5, 5.41) is 0.753. The van der Waals surface area contributed by atoms with Crippen molar-refractivity contribution in [1.29, 1.82) is 0 Å². The van der Waals surface area contributed by atoms with Crippen molar-refractivity contribution in [2.75, 3.05) is 13.1 Å². The fourth-order valence-electron chi connectivity index (χ4n) is 6.13. The van der Waals surface area contributed by atoms with Gasteiger partial charge in [0.25, 0.3) is 5.56 Å². The second kappa shape index (κ2) is 8.04. The molecule has 36 heavy (non-hydrogen) atoms. The van der Waals surface area contributed by atoms with Crippen molar-refractivity contribution in [1.82, 2.24) is 14.5 Å². The number of aromatic nitrogens is 2. The predicted molar refractivity (Wildman–Crippen MR) is 137 cm³/mol. The summed E-state index contributed by atoms with van der Waals surface area (Å²) in [6.45, 7) is 6.89. The zero-order chi connectivity index (χ0) is 25.4. The SMILES string of the molecule is CC(C)(C)OC(=O)N1CCC(c2ccc3c(c2)-n2c(nc(=O)c4c(Cl)cccc42)C32CC(F)C2)CC1. The van der Waals surface area contributed by atoms with Crippen molar-refractivity contribution in [3.63, 3.8) is 0 Å². The second-order valence-electron chi connectivity index (χ2n) is 11.3. The van der Waals surface area contributed by atoms with Gasteiger partial charge in [-0.25, -0.2) is 9.18 Å². The van der Waals surface area contributed by atoms with E-state index in [9.17, 15) is 14.0 Å². The van der Waals surface area contributed by atoms with Crippen LogP contribution in [0.3, 0.4) is 0 Å². The van der Waals surface area contributed by atoms with Crippen molar-refractivity contribution < 1.29 is 13.9 Å². The lowest BCUT2D eigenvalue weighted by Gasteiger charge is -2.41. The summed E-state index contributed by atoms with van der Waals surface area (Å²) < 4.78 is 21.8. The van der Waals surface area contributed by atoms with E-state index in [-0.39, 0.29) is 17.6 Å². The third-order valence-electron chi connectivity index (χ3n) is 7.83. The molecule has 3 heterocycles. The maximum atomic E-state index is 14.3. The van der Waals surface area contributed by atoms with Gasteiger partial charge in [-0.15, -0.1) is 0 Å². The number of amides is 1. The van der Waals surface area contributed by atoms with Crippen LogP contribution in [0.15, 0.2) is 41.2 Å². The maximum Gasteiger partial charge on any atom is 0.410 e. The summed E-state index contributed by atoms with van der Waals surface area (Å²) >= 11 is 6.41. The highest BCUT2D eigenvalue weighted by Crippen LogP contribution is 2.56. The molecule has 2 fully saturated rings. The highest BCUT2D eigenvalue weighted by molar-refractivity contribution is 6.35. The Hall–Kier alpha value is -2.93. The summed E-state index contributed by atoms with van der Waals surface area (Å²) in [6.07, 6.45) is 1.14. The van der Waals surface area contributed by atoms with Gasteiger partial charge in [0.2, 0.25) is 0 Å². The number of hydrogen-bond donors (Lipinski definition) is 0. The molecule has 0 atom stereocenters. The van der Waals surface area contributed by atoms with E-state index in [2.05, 4.69) is 23.2 Å². The quantitative estimate of drug-likeness (QED) is 0.410. The van der Waals surface area contributed by atoms with E-state index < -0.39 is 17.2 Å². The largest absolute Gasteiger partial charge is 0.444 e. The van der Waals surface area contributed by atoms with Gasteiger partial charge in [-0.2, -0.15) is 4.98 Å². The van der Waals surface area contributed by atoms with Gasteiger partial charge < -0.3 is 9.64 Å². The van der Waals surface area contributed by atoms with Crippen molar-refractivity contribution in [2.24, 2.45) is 0 Å². The molecule has 0 bridgehead atoms. The molecule has 0 radical (unpaired) electrons. The highest BCUT2D eigenvalue weighted by atomic mass is 35.5. The van der Waals surface area contributed by atoms with Gasteiger partial charge in [0, 0.05) is 13.1 Å². The van der Waals surface area contributed by atoms with E-state index in [1.807, 2.05) is 37.5 Å². The van der Waals surface area contributed by atoms with Crippen molar-refractivity contribution in [2.45, 2.75) is 69.6 Å². The standard InChI is InChI=1S/C28H29ClFN3O3/c1-27(2,3)36-26(35)32-11-9-16(10-12-32)17-7-8-19-22(13-17)33-21-6-4-5-20(29)23(21)24(34)31-25(33)28(19)14-18(30)15-28/h4-8,13,16,18H,9-12,14-15H2,1-3H3. The van der Waals surface area contributed by atoms with Gasteiger partial charge in [-0.1, -0.05) is 29.8 Å². The first kappa shape index (κ1) is 23.5. The molecule has 3 aromatic rings. The van der Waals surface area contributed by atoms with Crippen LogP contribution in [0.25, 0.3) is 16.6 Å². The first-order valence-electron chi connectivity index (χ1n) is 12.6. The van der Waals surface area contributed by atoms with Gasteiger partial charge in [-0.3, -0.25) is 9.36 Å². The number of ether oxygens (including phenoxy) is 1. The maximum absolute atomic E-state index is 14.3. The number of carbonyl (C=O) groups is 1. The number of alkyl halides is 1. The van der Waals surface area contributed by atoms with E-state index in [1.165, 1.54) is 5.56 Å². The number of hydrogen-bond acceptors (Lipinski definition) is 4. The molecule has 2 aliphatic heterocycles. The Labute approximate surface area is 214 Å². The van der Waals surface area contributed by atoms with Crippen molar-refractivity contribution in [3.8, 4) is 5.69 Å². The monoisotopic (exact) mass is 509 g/mol. The Kier molecular flexibility index (Phi) is 5.24. The van der Waals surface area contributed by atoms with Crippen molar-refractivity contribution >= 4 is 28.6 Å². The number of fused-ring (bicyclic) bond motifs is 7. The molecule has 0 N–H and O–H groups in total. The average molecular weight is 510 g/mol. The fourth-order valence-corrected chi connectivity index (χ4v) is 6.38. The number of benzene rings is 2. The van der Waals surface area contributed by atoms with Crippen LogP contribution >= 0.6 is 11.6 Å². The van der Waals surface area contributed by atoms with Crippen LogP contribution in [0.4, 0.5) is 9.18 Å². The lowest BCUT2D eigenvalue weighted by atomic mass is 9.63. The minimum atomic E-state index is -0.909. The Morgan fingerprint density at radius 1 is 1.17 bits per heavy atom. The summed E-state index contributed by atoms with van der Waals surface area (Å²) in [5.74, 6) is 0.898. The van der Waals surface area contributed by atoms with E-state index in [0.29, 0.717) is 47.7 Å². The first-order chi connectivity index (χ1) is 17.1. The van der Waals surface area contributed by atoms with Gasteiger partial charge in [0.05, 0.1) is 27.0 Å². The number of halogens is 2. The molecule has 6 rings (SSSR count). The summed E-state index contributed by atoms with van der Waals surface area (Å²) in [6, 6.07) is 11.8. The lowest BCUT2D eigenvalue weighted by molar-refractivity contribution is 0.0205. The van der Waals surface area contributed by atoms with E-state index in [4.69, 9.17) is 16.3 Å². The average Bonchev–Trinajstić information content (AvgIpc) is 3.08. The van der Waals surface area contributed by atoms with Crippen LogP contribution in [-0.4, -0.2) is 45.4 Å². The Bertz CT molecular complexity index is 1450. The van der Waals surface area contributed by atoms with Crippen LogP contribution in [0, 0.1) is 0 Å². The summed E-state index contributed by atoms with van der Waals surface area (Å²) in [7, 11) is 0. The molecule has 3 aliphatic rings. The first-order valence-corrected chi connectivity index (χ1v) is 12.9. The number of nitrogens with zero attached hydrogens (tertiary/aromatic N) is 3. The van der Waals surface area contributed by atoms with Crippen LogP contribution < -0.4 is 5.56 Å². The molecule has 1 saturated carbocycles. The normalized spacial score (nSPS) is 23.5. The van der Waals surface area contributed by atoms with Gasteiger partial charge >= 0.3 is 6.09 Å². The van der Waals surface area contributed by atoms with Crippen molar-refractivity contribution in [3.05, 3.63) is 68.7 Å². The van der Waals surface area contributed by atoms with Gasteiger partial charge in [0.15, 0.2) is 0 Å². The zero-order valence-electron chi connectivity index (χ0n) is 20.7. The molecule has 1 aliphatic carbocycles. The second-order valence-corrected chi connectivity index (χ2v) is 11.7. The van der Waals surface area contributed by atoms with Crippen LogP contribution in [-0.2, 0) is 10.2 Å². The topological polar surface area (TPSA) is 64.4 Å². The minimum Gasteiger partial charge on any atom is -0.444 e. The molecule has 1 saturated heterocycles. The fraction of sp³-hybridized carbons (Fsp3) is 0.464. The molecule has 1 amide bonds. The summed E-state index contributed by atoms with van der Waals surface area (Å²) in [4.78, 5) is 31.7. The molecule has 1 aromatic heterocycles. The Balaban J connectivity index is 1.38. The summed E-state index contributed by atoms with van der Waals surface area (Å²) in [5.41, 5.74) is 2.38. The molecule has 8 heteroatoms. The van der Waals surface area contributed by atoms with E-state index >= 15 is 0 Å². The highest BCUT2D eigenvalue weighted by Gasteiger charge is 2.55. The number of rotatable bonds is 1. The molecular weight excluding hydrogens is 481 g/mol. The minimum absolute atomic E-state index is 0.269. The zero-order valence-corrected chi connectivity index (χ0v) is 21.4. The van der Waals surface area contributed by atoms with E-state index in [1.54, 1.807) is 11.0 Å². The van der Waals surface area contributed by atoms with Crippen LogP contribution in [0.2, 0.25) is 5.02 Å². The molecule has 1 spiro atoms. The molecule has 2 aromatic carbocycles. The third-order valence-corrected chi connectivity index (χ3v) is 8.14. The Morgan fingerprint density at radius 3 is 2.56 bits per heavy atom. The third kappa shape index (κ3) is 3.54. The van der Waals surface area contributed by atoms with Crippen LogP contribution in [0.5, 0.6) is 0 Å². The number of carbonyl (C=O) groups excluding carboxylic acids is 1. The molecule has 188 valence electrons. The lowest BCUT2D eigenvalue weighted by Crippen LogP contribution is -2.44. The molecule has 6 nitrogen and oxygen atoms in total. The van der Waals surface area contributed by atoms with Crippen LogP contribution in [0.1, 0.15) is 69.3 Å². The van der Waals surface area contributed by atoms with Gasteiger partial charge in [0.1, 0.15) is 17.6 Å². The van der Waals surface area contributed by atoms with E-state index in [0.717, 1.165) is 24.1 Å². The predicted octanol–water partition coefficient (Wildman–Crippen LogP) is 5.89. The van der Waals surface area contributed by atoms with Gasteiger partial charge in [-0.05, 0) is 81.7 Å².